The number of aromatic nitrogens is 3. The normalized spacial score (nSPS) is 20.1. The van der Waals surface area contributed by atoms with Crippen LogP contribution in [0.2, 0.25) is 0 Å². The van der Waals surface area contributed by atoms with Gasteiger partial charge in [0.25, 0.3) is 0 Å². The topological polar surface area (TPSA) is 86.1 Å². The smallest absolute Gasteiger partial charge is 0.407 e. The number of amides is 1. The number of Topliss-reactive ketones (excluding diaryl/α,β-unsaturated/α-hetero) is 1. The Balaban J connectivity index is 1.19. The lowest BCUT2D eigenvalue weighted by Crippen LogP contribution is -2.31. The summed E-state index contributed by atoms with van der Waals surface area (Å²) in [6, 6.07) is 16.4. The minimum absolute atomic E-state index is 0.0252. The monoisotopic (exact) mass is 430 g/mol. The van der Waals surface area contributed by atoms with Gasteiger partial charge in [-0.05, 0) is 48.9 Å². The second-order valence-corrected chi connectivity index (χ2v) is 8.75. The molecule has 0 saturated heterocycles. The molecule has 1 N–H and O–H groups in total. The predicted octanol–water partition coefficient (Wildman–Crippen LogP) is 4.42. The molecule has 0 bridgehead atoms. The number of benzene rings is 2. The summed E-state index contributed by atoms with van der Waals surface area (Å²) in [7, 11) is 0. The number of fused-ring (bicyclic) bond motifs is 3. The first-order chi connectivity index (χ1) is 15.5. The molecular formula is C25H26N4O3. The predicted molar refractivity (Wildman–Crippen MR) is 119 cm³/mol. The molecule has 32 heavy (non-hydrogen) atoms. The number of ether oxygens (including phenoxy) is 1. The average molecular weight is 431 g/mol. The zero-order valence-corrected chi connectivity index (χ0v) is 18.2. The van der Waals surface area contributed by atoms with Crippen molar-refractivity contribution in [3.63, 3.8) is 0 Å². The quantitative estimate of drug-likeness (QED) is 0.626. The van der Waals surface area contributed by atoms with Crippen LogP contribution in [0.1, 0.15) is 61.5 Å². The van der Waals surface area contributed by atoms with E-state index in [1.54, 1.807) is 11.6 Å². The van der Waals surface area contributed by atoms with Gasteiger partial charge in [0.05, 0.1) is 18.3 Å². The van der Waals surface area contributed by atoms with Crippen LogP contribution in [0.15, 0.2) is 54.7 Å². The highest BCUT2D eigenvalue weighted by atomic mass is 16.5. The highest BCUT2D eigenvalue weighted by Crippen LogP contribution is 2.44. The summed E-state index contributed by atoms with van der Waals surface area (Å²) in [6.07, 6.45) is 2.96. The summed E-state index contributed by atoms with van der Waals surface area (Å²) in [5.41, 5.74) is 5.43. The number of hydrogen-bond donors (Lipinski definition) is 1. The maximum atomic E-state index is 12.5. The lowest BCUT2D eigenvalue weighted by atomic mass is 9.78. The molecule has 1 unspecified atom stereocenters. The Hall–Kier alpha value is -3.48. The summed E-state index contributed by atoms with van der Waals surface area (Å²) in [5.74, 6) is 0.382. The van der Waals surface area contributed by atoms with Crippen molar-refractivity contribution in [2.45, 2.75) is 44.7 Å². The Morgan fingerprint density at radius 3 is 2.34 bits per heavy atom. The van der Waals surface area contributed by atoms with Gasteiger partial charge in [-0.2, -0.15) is 0 Å². The number of ketones is 1. The first-order valence-electron chi connectivity index (χ1n) is 11.0. The lowest BCUT2D eigenvalue weighted by molar-refractivity contribution is -0.124. The molecule has 7 nitrogen and oxygen atoms in total. The molecule has 0 radical (unpaired) electrons. The van der Waals surface area contributed by atoms with Gasteiger partial charge in [0, 0.05) is 11.8 Å². The van der Waals surface area contributed by atoms with Gasteiger partial charge in [0.15, 0.2) is 0 Å². The van der Waals surface area contributed by atoms with E-state index in [0.717, 1.165) is 12.8 Å². The van der Waals surface area contributed by atoms with E-state index < -0.39 is 6.09 Å². The van der Waals surface area contributed by atoms with Crippen molar-refractivity contribution in [2.24, 2.45) is 5.92 Å². The fourth-order valence-electron chi connectivity index (χ4n) is 4.69. The molecular weight excluding hydrogens is 404 g/mol. The molecule has 2 aromatic carbocycles. The summed E-state index contributed by atoms with van der Waals surface area (Å²) < 4.78 is 7.41. The Morgan fingerprint density at radius 1 is 1.09 bits per heavy atom. The first-order valence-corrected chi connectivity index (χ1v) is 11.0. The van der Waals surface area contributed by atoms with E-state index in [1.807, 2.05) is 37.4 Å². The first kappa shape index (κ1) is 20.4. The maximum absolute atomic E-state index is 12.5. The molecule has 2 aliphatic carbocycles. The van der Waals surface area contributed by atoms with Crippen LogP contribution in [0.5, 0.6) is 0 Å². The second-order valence-electron chi connectivity index (χ2n) is 8.75. The van der Waals surface area contributed by atoms with Crippen molar-refractivity contribution in [2.75, 3.05) is 6.61 Å². The molecule has 1 saturated carbocycles. The summed E-state index contributed by atoms with van der Waals surface area (Å²) in [5, 5.41) is 11.2. The molecule has 164 valence electrons. The van der Waals surface area contributed by atoms with Crippen LogP contribution in [0, 0.1) is 5.92 Å². The van der Waals surface area contributed by atoms with E-state index in [2.05, 4.69) is 39.9 Å². The van der Waals surface area contributed by atoms with Gasteiger partial charge in [0.2, 0.25) is 0 Å². The number of alkyl carbamates (subject to hydrolysis) is 1. The van der Waals surface area contributed by atoms with E-state index in [9.17, 15) is 9.59 Å². The SMILES string of the molecule is CC(=O)C1CC(n2cc(C(C)NC(=O)OCC3c4ccccc4-c4ccccc43)nn2)C1. The fraction of sp³-hybridized carbons (Fsp3) is 0.360. The summed E-state index contributed by atoms with van der Waals surface area (Å²) in [6.45, 7) is 3.76. The van der Waals surface area contributed by atoms with Crippen LogP contribution in [-0.2, 0) is 9.53 Å². The molecule has 1 aromatic heterocycles. The minimum Gasteiger partial charge on any atom is -0.449 e. The Morgan fingerprint density at radius 2 is 1.72 bits per heavy atom. The van der Waals surface area contributed by atoms with Crippen LogP contribution < -0.4 is 5.32 Å². The van der Waals surface area contributed by atoms with E-state index >= 15 is 0 Å². The van der Waals surface area contributed by atoms with Crippen LogP contribution in [0.25, 0.3) is 11.1 Å². The van der Waals surface area contributed by atoms with E-state index in [1.165, 1.54) is 22.3 Å². The Kier molecular flexibility index (Phi) is 5.25. The number of carbonyl (C=O) groups excluding carboxylic acids is 2. The minimum atomic E-state index is -0.478. The third kappa shape index (κ3) is 3.68. The number of nitrogens with zero attached hydrogens (tertiary/aromatic N) is 3. The standard InChI is InChI=1S/C25H26N4O3/c1-15(24-13-29(28-27-24)18-11-17(12-18)16(2)30)26-25(31)32-14-23-21-9-5-3-7-19(21)20-8-4-6-10-22(20)23/h3-10,13,15,17-18,23H,11-12,14H2,1-2H3,(H,26,31). The van der Waals surface area contributed by atoms with Crippen molar-refractivity contribution in [1.82, 2.24) is 20.3 Å². The van der Waals surface area contributed by atoms with Gasteiger partial charge in [0.1, 0.15) is 18.1 Å². The van der Waals surface area contributed by atoms with E-state index in [0.29, 0.717) is 5.69 Å². The molecule has 7 heteroatoms. The molecule has 1 heterocycles. The second kappa shape index (κ2) is 8.22. The number of rotatable bonds is 6. The molecule has 1 atom stereocenters. The molecule has 1 amide bonds. The van der Waals surface area contributed by atoms with Crippen molar-refractivity contribution in [1.29, 1.82) is 0 Å². The fourth-order valence-corrected chi connectivity index (χ4v) is 4.69. The molecule has 5 rings (SSSR count). The van der Waals surface area contributed by atoms with Gasteiger partial charge in [-0.25, -0.2) is 9.48 Å². The molecule has 1 fully saturated rings. The van der Waals surface area contributed by atoms with Gasteiger partial charge < -0.3 is 10.1 Å². The van der Waals surface area contributed by atoms with Crippen LogP contribution >= 0.6 is 0 Å². The average Bonchev–Trinajstić information content (AvgIpc) is 3.34. The lowest BCUT2D eigenvalue weighted by Gasteiger charge is -2.33. The zero-order chi connectivity index (χ0) is 22.2. The van der Waals surface area contributed by atoms with Crippen molar-refractivity contribution < 1.29 is 14.3 Å². The van der Waals surface area contributed by atoms with Gasteiger partial charge >= 0.3 is 6.09 Å². The molecule has 0 spiro atoms. The van der Waals surface area contributed by atoms with Gasteiger partial charge in [-0.3, -0.25) is 4.79 Å². The van der Waals surface area contributed by atoms with Crippen molar-refractivity contribution >= 4 is 11.9 Å². The van der Waals surface area contributed by atoms with Crippen LogP contribution in [0.3, 0.4) is 0 Å². The highest BCUT2D eigenvalue weighted by molar-refractivity contribution is 5.79. The molecule has 2 aliphatic rings. The zero-order valence-electron chi connectivity index (χ0n) is 18.2. The third-order valence-electron chi connectivity index (χ3n) is 6.71. The van der Waals surface area contributed by atoms with Crippen LogP contribution in [-0.4, -0.2) is 33.5 Å². The van der Waals surface area contributed by atoms with E-state index in [-0.39, 0.29) is 36.3 Å². The number of nitrogens with one attached hydrogen (secondary N) is 1. The molecule has 3 aromatic rings. The summed E-state index contributed by atoms with van der Waals surface area (Å²) >= 11 is 0. The van der Waals surface area contributed by atoms with Gasteiger partial charge in [-0.15, -0.1) is 5.10 Å². The Bertz CT molecular complexity index is 1120. The Labute approximate surface area is 186 Å². The maximum Gasteiger partial charge on any atom is 0.407 e. The van der Waals surface area contributed by atoms with E-state index in [4.69, 9.17) is 4.74 Å². The highest BCUT2D eigenvalue weighted by Gasteiger charge is 2.34. The summed E-state index contributed by atoms with van der Waals surface area (Å²) in [4.78, 5) is 23.9. The number of carbonyl (C=O) groups is 2. The largest absolute Gasteiger partial charge is 0.449 e. The van der Waals surface area contributed by atoms with Crippen LogP contribution in [0.4, 0.5) is 4.79 Å². The number of hydrogen-bond acceptors (Lipinski definition) is 5. The van der Waals surface area contributed by atoms with Gasteiger partial charge in [-0.1, -0.05) is 53.7 Å². The molecule has 0 aliphatic heterocycles. The van der Waals surface area contributed by atoms with Crippen molar-refractivity contribution in [3.8, 4) is 11.1 Å². The third-order valence-corrected chi connectivity index (χ3v) is 6.71. The van der Waals surface area contributed by atoms with Crippen molar-refractivity contribution in [3.05, 3.63) is 71.5 Å².